The highest BCUT2D eigenvalue weighted by molar-refractivity contribution is 5.08. The quantitative estimate of drug-likeness (QED) is 0.752. The Morgan fingerprint density at radius 2 is 2.23 bits per heavy atom. The summed E-state index contributed by atoms with van der Waals surface area (Å²) in [5.74, 6) is 0. The first kappa shape index (κ1) is 10.1. The van der Waals surface area contributed by atoms with Crippen LogP contribution in [0.15, 0.2) is 18.5 Å². The second-order valence-corrected chi connectivity index (χ2v) is 3.07. The fourth-order valence-electron chi connectivity index (χ4n) is 0.878. The van der Waals surface area contributed by atoms with Gasteiger partial charge < -0.3 is 9.84 Å². The molecule has 4 nitrogen and oxygen atoms in total. The van der Waals surface area contributed by atoms with Gasteiger partial charge in [-0.1, -0.05) is 0 Å². The first-order chi connectivity index (χ1) is 6.20. The number of aromatic nitrogens is 2. The van der Waals surface area contributed by atoms with Crippen molar-refractivity contribution in [2.45, 2.75) is 26.1 Å². The second kappa shape index (κ2) is 4.89. The molecule has 0 aliphatic carbocycles. The standard InChI is InChI=1S/C9H14N2O2/c1-7(2)13-6-9(12)8-3-4-10-11-5-8/h3-5,7,9,12H,6H2,1-2H3. The van der Waals surface area contributed by atoms with E-state index in [0.29, 0.717) is 6.61 Å². The molecule has 4 heteroatoms. The van der Waals surface area contributed by atoms with E-state index in [1.165, 1.54) is 6.20 Å². The molecule has 0 bridgehead atoms. The maximum absolute atomic E-state index is 9.58. The van der Waals surface area contributed by atoms with E-state index in [0.717, 1.165) is 5.56 Å². The Bertz CT molecular complexity index is 239. The van der Waals surface area contributed by atoms with Gasteiger partial charge in [-0.2, -0.15) is 10.2 Å². The molecule has 0 aliphatic heterocycles. The summed E-state index contributed by atoms with van der Waals surface area (Å²) in [7, 11) is 0. The predicted octanol–water partition coefficient (Wildman–Crippen LogP) is 0.935. The van der Waals surface area contributed by atoms with Crippen LogP contribution in [-0.4, -0.2) is 28.0 Å². The van der Waals surface area contributed by atoms with Crippen LogP contribution in [0.5, 0.6) is 0 Å². The summed E-state index contributed by atoms with van der Waals surface area (Å²) in [6.07, 6.45) is 2.60. The van der Waals surface area contributed by atoms with Gasteiger partial charge in [0.1, 0.15) is 6.10 Å². The minimum atomic E-state index is -0.613. The number of aliphatic hydroxyl groups is 1. The van der Waals surface area contributed by atoms with Crippen LogP contribution in [0.4, 0.5) is 0 Å². The van der Waals surface area contributed by atoms with Gasteiger partial charge in [-0.15, -0.1) is 0 Å². The molecule has 1 unspecified atom stereocenters. The maximum atomic E-state index is 9.58. The Morgan fingerprint density at radius 1 is 1.46 bits per heavy atom. The number of ether oxygens (including phenoxy) is 1. The van der Waals surface area contributed by atoms with E-state index in [9.17, 15) is 5.11 Å². The summed E-state index contributed by atoms with van der Waals surface area (Å²) < 4.78 is 5.26. The average Bonchev–Trinajstić information content (AvgIpc) is 2.15. The third-order valence-corrected chi connectivity index (χ3v) is 1.58. The summed E-state index contributed by atoms with van der Waals surface area (Å²) >= 11 is 0. The zero-order valence-corrected chi connectivity index (χ0v) is 7.84. The van der Waals surface area contributed by atoms with Gasteiger partial charge in [-0.05, 0) is 19.9 Å². The van der Waals surface area contributed by atoms with Gasteiger partial charge >= 0.3 is 0 Å². The molecule has 0 aliphatic rings. The molecule has 1 aromatic rings. The van der Waals surface area contributed by atoms with E-state index in [4.69, 9.17) is 4.74 Å². The van der Waals surface area contributed by atoms with Crippen molar-refractivity contribution >= 4 is 0 Å². The highest BCUT2D eigenvalue weighted by atomic mass is 16.5. The topological polar surface area (TPSA) is 55.2 Å². The zero-order valence-electron chi connectivity index (χ0n) is 7.84. The first-order valence-electron chi connectivity index (χ1n) is 4.26. The first-order valence-corrected chi connectivity index (χ1v) is 4.26. The molecule has 0 aromatic carbocycles. The van der Waals surface area contributed by atoms with Crippen LogP contribution in [0.1, 0.15) is 25.5 Å². The molecule has 1 N–H and O–H groups in total. The molecule has 0 spiro atoms. The Morgan fingerprint density at radius 3 is 2.77 bits per heavy atom. The van der Waals surface area contributed by atoms with Crippen molar-refractivity contribution in [1.82, 2.24) is 10.2 Å². The molecule has 0 amide bonds. The smallest absolute Gasteiger partial charge is 0.104 e. The van der Waals surface area contributed by atoms with Crippen LogP contribution in [-0.2, 0) is 4.74 Å². The minimum absolute atomic E-state index is 0.129. The van der Waals surface area contributed by atoms with Crippen LogP contribution in [0, 0.1) is 0 Å². The Labute approximate surface area is 77.6 Å². The van der Waals surface area contributed by atoms with E-state index in [2.05, 4.69) is 10.2 Å². The largest absolute Gasteiger partial charge is 0.386 e. The van der Waals surface area contributed by atoms with Gasteiger partial charge in [0, 0.05) is 11.8 Å². The van der Waals surface area contributed by atoms with Crippen molar-refractivity contribution in [3.8, 4) is 0 Å². The van der Waals surface area contributed by atoms with Crippen LogP contribution in [0.25, 0.3) is 0 Å². The molecular formula is C9H14N2O2. The number of aliphatic hydroxyl groups excluding tert-OH is 1. The minimum Gasteiger partial charge on any atom is -0.386 e. The van der Waals surface area contributed by atoms with E-state index in [1.54, 1.807) is 12.3 Å². The summed E-state index contributed by atoms with van der Waals surface area (Å²) in [4.78, 5) is 0. The van der Waals surface area contributed by atoms with Crippen molar-refractivity contribution in [1.29, 1.82) is 0 Å². The van der Waals surface area contributed by atoms with Crippen molar-refractivity contribution in [3.63, 3.8) is 0 Å². The molecule has 72 valence electrons. The Kier molecular flexibility index (Phi) is 3.79. The van der Waals surface area contributed by atoms with Gasteiger partial charge in [0.25, 0.3) is 0 Å². The number of hydrogen-bond acceptors (Lipinski definition) is 4. The predicted molar refractivity (Wildman–Crippen MR) is 48.1 cm³/mol. The van der Waals surface area contributed by atoms with Crippen LogP contribution in [0.2, 0.25) is 0 Å². The Balaban J connectivity index is 2.44. The maximum Gasteiger partial charge on any atom is 0.104 e. The lowest BCUT2D eigenvalue weighted by Crippen LogP contribution is -2.12. The van der Waals surface area contributed by atoms with Crippen LogP contribution >= 0.6 is 0 Å². The third kappa shape index (κ3) is 3.48. The fourth-order valence-corrected chi connectivity index (χ4v) is 0.878. The summed E-state index contributed by atoms with van der Waals surface area (Å²) in [5, 5.41) is 16.9. The van der Waals surface area contributed by atoms with Crippen LogP contribution < -0.4 is 0 Å². The van der Waals surface area contributed by atoms with Gasteiger partial charge in [-0.25, -0.2) is 0 Å². The molecule has 0 radical (unpaired) electrons. The fraction of sp³-hybridized carbons (Fsp3) is 0.556. The average molecular weight is 182 g/mol. The van der Waals surface area contributed by atoms with E-state index in [1.807, 2.05) is 13.8 Å². The van der Waals surface area contributed by atoms with Crippen molar-refractivity contribution in [2.75, 3.05) is 6.61 Å². The lowest BCUT2D eigenvalue weighted by Gasteiger charge is -2.12. The van der Waals surface area contributed by atoms with Crippen molar-refractivity contribution in [2.24, 2.45) is 0 Å². The van der Waals surface area contributed by atoms with E-state index >= 15 is 0 Å². The summed E-state index contributed by atoms with van der Waals surface area (Å²) in [6, 6.07) is 1.72. The van der Waals surface area contributed by atoms with E-state index in [-0.39, 0.29) is 6.10 Å². The van der Waals surface area contributed by atoms with Gasteiger partial charge in [-0.3, -0.25) is 0 Å². The monoisotopic (exact) mass is 182 g/mol. The second-order valence-electron chi connectivity index (χ2n) is 3.07. The number of rotatable bonds is 4. The van der Waals surface area contributed by atoms with Gasteiger partial charge in [0.05, 0.1) is 18.9 Å². The molecular weight excluding hydrogens is 168 g/mol. The molecule has 13 heavy (non-hydrogen) atoms. The van der Waals surface area contributed by atoms with Crippen LogP contribution in [0.3, 0.4) is 0 Å². The molecule has 0 saturated heterocycles. The van der Waals surface area contributed by atoms with Gasteiger partial charge in [0.15, 0.2) is 0 Å². The lowest BCUT2D eigenvalue weighted by atomic mass is 10.2. The number of nitrogens with zero attached hydrogens (tertiary/aromatic N) is 2. The summed E-state index contributed by atoms with van der Waals surface area (Å²) in [6.45, 7) is 4.15. The molecule has 0 fully saturated rings. The molecule has 0 saturated carbocycles. The molecule has 1 aromatic heterocycles. The lowest BCUT2D eigenvalue weighted by molar-refractivity contribution is 0.00475. The SMILES string of the molecule is CC(C)OCC(O)c1ccnnc1. The normalized spacial score (nSPS) is 13.2. The highest BCUT2D eigenvalue weighted by Crippen LogP contribution is 2.10. The number of hydrogen-bond donors (Lipinski definition) is 1. The molecule has 1 atom stereocenters. The Hall–Kier alpha value is -1.00. The molecule has 1 heterocycles. The third-order valence-electron chi connectivity index (χ3n) is 1.58. The summed E-state index contributed by atoms with van der Waals surface area (Å²) in [5.41, 5.74) is 0.732. The highest BCUT2D eigenvalue weighted by Gasteiger charge is 2.08. The van der Waals surface area contributed by atoms with E-state index < -0.39 is 6.10 Å². The van der Waals surface area contributed by atoms with Crippen molar-refractivity contribution < 1.29 is 9.84 Å². The van der Waals surface area contributed by atoms with Gasteiger partial charge in [0.2, 0.25) is 0 Å². The van der Waals surface area contributed by atoms with Crippen molar-refractivity contribution in [3.05, 3.63) is 24.0 Å². The molecule has 1 rings (SSSR count). The zero-order chi connectivity index (χ0) is 9.68.